The van der Waals surface area contributed by atoms with E-state index in [-0.39, 0.29) is 24.3 Å². The van der Waals surface area contributed by atoms with Gasteiger partial charge in [-0.1, -0.05) is 15.9 Å². The SMILES string of the molecule is Cc1cc(Br)cc([C@H]2CCN2)c1F.Cl. The van der Waals surface area contributed by atoms with Gasteiger partial charge in [-0.3, -0.25) is 0 Å². The number of hydrogen-bond donors (Lipinski definition) is 1. The van der Waals surface area contributed by atoms with Gasteiger partial charge in [0.1, 0.15) is 5.82 Å². The molecule has 2 rings (SSSR count). The van der Waals surface area contributed by atoms with Crippen LogP contribution >= 0.6 is 28.3 Å². The van der Waals surface area contributed by atoms with Gasteiger partial charge < -0.3 is 5.32 Å². The standard InChI is InChI=1S/C10H11BrFN.ClH/c1-6-4-7(11)5-8(10(6)12)9-2-3-13-9;/h4-5,9,13H,2-3H2,1H3;1H/t9-;/m1./s1. The number of halogens is 3. The maximum Gasteiger partial charge on any atom is 0.130 e. The van der Waals surface area contributed by atoms with Gasteiger partial charge in [0, 0.05) is 16.1 Å². The predicted octanol–water partition coefficient (Wildman–Crippen LogP) is 3.35. The molecule has 0 radical (unpaired) electrons. The summed E-state index contributed by atoms with van der Waals surface area (Å²) in [6.07, 6.45) is 1.03. The summed E-state index contributed by atoms with van der Waals surface area (Å²) in [4.78, 5) is 0. The van der Waals surface area contributed by atoms with E-state index in [1.165, 1.54) is 0 Å². The second-order valence-electron chi connectivity index (χ2n) is 3.42. The van der Waals surface area contributed by atoms with Gasteiger partial charge in [-0.15, -0.1) is 12.4 Å². The molecule has 0 unspecified atom stereocenters. The first-order valence-electron chi connectivity index (χ1n) is 4.37. The number of nitrogens with one attached hydrogen (secondary N) is 1. The molecular formula is C10H12BrClFN. The third-order valence-corrected chi connectivity index (χ3v) is 2.90. The molecule has 0 spiro atoms. The lowest BCUT2D eigenvalue weighted by Gasteiger charge is -2.28. The first kappa shape index (κ1) is 12.0. The molecule has 1 aliphatic heterocycles. The van der Waals surface area contributed by atoms with Gasteiger partial charge in [0.15, 0.2) is 0 Å². The molecule has 78 valence electrons. The van der Waals surface area contributed by atoms with Crippen molar-refractivity contribution in [2.75, 3.05) is 6.54 Å². The monoisotopic (exact) mass is 279 g/mol. The van der Waals surface area contributed by atoms with Crippen molar-refractivity contribution in [3.8, 4) is 0 Å². The topological polar surface area (TPSA) is 12.0 Å². The number of benzene rings is 1. The molecule has 0 bridgehead atoms. The molecule has 1 N–H and O–H groups in total. The van der Waals surface area contributed by atoms with Crippen molar-refractivity contribution in [2.24, 2.45) is 0 Å². The molecule has 4 heteroatoms. The van der Waals surface area contributed by atoms with Crippen LogP contribution in [0.4, 0.5) is 4.39 Å². The van der Waals surface area contributed by atoms with Crippen molar-refractivity contribution in [1.29, 1.82) is 0 Å². The summed E-state index contributed by atoms with van der Waals surface area (Å²) in [5.41, 5.74) is 1.50. The van der Waals surface area contributed by atoms with E-state index in [0.717, 1.165) is 23.0 Å². The van der Waals surface area contributed by atoms with Crippen LogP contribution in [0.1, 0.15) is 23.6 Å². The summed E-state index contributed by atoms with van der Waals surface area (Å²) in [7, 11) is 0. The number of hydrogen-bond acceptors (Lipinski definition) is 1. The average molecular weight is 281 g/mol. The van der Waals surface area contributed by atoms with Crippen molar-refractivity contribution < 1.29 is 4.39 Å². The lowest BCUT2D eigenvalue weighted by molar-refractivity contribution is 0.369. The van der Waals surface area contributed by atoms with E-state index in [9.17, 15) is 4.39 Å². The van der Waals surface area contributed by atoms with E-state index in [4.69, 9.17) is 0 Å². The average Bonchev–Trinajstić information content (AvgIpc) is 1.95. The van der Waals surface area contributed by atoms with Gasteiger partial charge in [-0.2, -0.15) is 0 Å². The van der Waals surface area contributed by atoms with Crippen LogP contribution in [0, 0.1) is 12.7 Å². The van der Waals surface area contributed by atoms with E-state index < -0.39 is 0 Å². The van der Waals surface area contributed by atoms with Crippen LogP contribution < -0.4 is 5.32 Å². The number of aryl methyl sites for hydroxylation is 1. The summed E-state index contributed by atoms with van der Waals surface area (Å²) in [5.74, 6) is -0.0691. The van der Waals surface area contributed by atoms with Gasteiger partial charge in [-0.05, 0) is 37.6 Å². The van der Waals surface area contributed by atoms with Crippen molar-refractivity contribution in [3.63, 3.8) is 0 Å². The minimum Gasteiger partial charge on any atom is -0.310 e. The Morgan fingerprint density at radius 2 is 2.14 bits per heavy atom. The molecule has 0 aromatic heterocycles. The molecule has 0 saturated carbocycles. The highest BCUT2D eigenvalue weighted by Gasteiger charge is 2.22. The molecule has 1 aromatic rings. The second-order valence-corrected chi connectivity index (χ2v) is 4.34. The molecule has 1 atom stereocenters. The van der Waals surface area contributed by atoms with Crippen molar-refractivity contribution in [2.45, 2.75) is 19.4 Å². The Balaban J connectivity index is 0.000000980. The number of rotatable bonds is 1. The van der Waals surface area contributed by atoms with E-state index in [1.54, 1.807) is 13.0 Å². The van der Waals surface area contributed by atoms with Crippen LogP contribution in [0.3, 0.4) is 0 Å². The molecule has 1 saturated heterocycles. The Hall–Kier alpha value is -0.120. The zero-order valence-electron chi connectivity index (χ0n) is 7.81. The Kier molecular flexibility index (Phi) is 3.93. The summed E-state index contributed by atoms with van der Waals surface area (Å²) in [6, 6.07) is 3.88. The van der Waals surface area contributed by atoms with E-state index in [0.29, 0.717) is 5.56 Å². The minimum atomic E-state index is -0.0691. The maximum atomic E-state index is 13.6. The van der Waals surface area contributed by atoms with Crippen molar-refractivity contribution in [1.82, 2.24) is 5.32 Å². The summed E-state index contributed by atoms with van der Waals surface area (Å²) in [6.45, 7) is 2.79. The predicted molar refractivity (Wildman–Crippen MR) is 61.4 cm³/mol. The molecule has 1 heterocycles. The highest BCUT2D eigenvalue weighted by atomic mass is 79.9. The Morgan fingerprint density at radius 1 is 1.50 bits per heavy atom. The summed E-state index contributed by atoms with van der Waals surface area (Å²) >= 11 is 3.37. The van der Waals surface area contributed by atoms with Gasteiger partial charge in [0.25, 0.3) is 0 Å². The van der Waals surface area contributed by atoms with Crippen LogP contribution in [0.2, 0.25) is 0 Å². The summed E-state index contributed by atoms with van der Waals surface area (Å²) < 4.78 is 14.5. The molecule has 1 fully saturated rings. The molecule has 1 aromatic carbocycles. The zero-order chi connectivity index (χ0) is 9.42. The van der Waals surface area contributed by atoms with E-state index in [1.807, 2.05) is 6.07 Å². The molecule has 0 aliphatic carbocycles. The van der Waals surface area contributed by atoms with Gasteiger partial charge >= 0.3 is 0 Å². The Morgan fingerprint density at radius 3 is 2.64 bits per heavy atom. The first-order valence-corrected chi connectivity index (χ1v) is 5.16. The minimum absolute atomic E-state index is 0. The normalized spacial score (nSPS) is 19.8. The maximum absolute atomic E-state index is 13.6. The van der Waals surface area contributed by atoms with Gasteiger partial charge in [0.2, 0.25) is 0 Å². The largest absolute Gasteiger partial charge is 0.310 e. The van der Waals surface area contributed by atoms with Crippen LogP contribution in [-0.2, 0) is 0 Å². The Labute approximate surface area is 97.6 Å². The fraction of sp³-hybridized carbons (Fsp3) is 0.400. The molecule has 1 aliphatic rings. The molecule has 0 amide bonds. The third-order valence-electron chi connectivity index (χ3n) is 2.45. The highest BCUT2D eigenvalue weighted by molar-refractivity contribution is 9.10. The Bertz CT molecular complexity index is 339. The van der Waals surface area contributed by atoms with Crippen LogP contribution in [0.5, 0.6) is 0 Å². The van der Waals surface area contributed by atoms with E-state index in [2.05, 4.69) is 21.2 Å². The highest BCUT2D eigenvalue weighted by Crippen LogP contribution is 2.29. The fourth-order valence-electron chi connectivity index (χ4n) is 1.56. The molecule has 1 nitrogen and oxygen atoms in total. The first-order chi connectivity index (χ1) is 6.18. The lowest BCUT2D eigenvalue weighted by atomic mass is 9.96. The second kappa shape index (κ2) is 4.60. The molecular weight excluding hydrogens is 268 g/mol. The van der Waals surface area contributed by atoms with Crippen molar-refractivity contribution >= 4 is 28.3 Å². The van der Waals surface area contributed by atoms with Gasteiger partial charge in [0.05, 0.1) is 0 Å². The van der Waals surface area contributed by atoms with E-state index >= 15 is 0 Å². The van der Waals surface area contributed by atoms with Crippen molar-refractivity contribution in [3.05, 3.63) is 33.5 Å². The van der Waals surface area contributed by atoms with Crippen LogP contribution in [0.15, 0.2) is 16.6 Å². The fourth-order valence-corrected chi connectivity index (χ4v) is 2.15. The molecule has 14 heavy (non-hydrogen) atoms. The van der Waals surface area contributed by atoms with Crippen LogP contribution in [-0.4, -0.2) is 6.54 Å². The summed E-state index contributed by atoms with van der Waals surface area (Å²) in [5, 5.41) is 3.20. The van der Waals surface area contributed by atoms with Crippen LogP contribution in [0.25, 0.3) is 0 Å². The zero-order valence-corrected chi connectivity index (χ0v) is 10.2. The quantitative estimate of drug-likeness (QED) is 0.832. The smallest absolute Gasteiger partial charge is 0.130 e. The van der Waals surface area contributed by atoms with Gasteiger partial charge in [-0.25, -0.2) is 4.39 Å². The third kappa shape index (κ3) is 2.10. The lowest BCUT2D eigenvalue weighted by Crippen LogP contribution is -2.35.